The number of aromatic nitrogens is 3. The van der Waals surface area contributed by atoms with Crippen molar-refractivity contribution in [1.29, 1.82) is 0 Å². The van der Waals surface area contributed by atoms with E-state index >= 15 is 0 Å². The number of carbonyl (C=O) groups excluding carboxylic acids is 1. The van der Waals surface area contributed by atoms with Gasteiger partial charge in [-0.05, 0) is 57.3 Å². The quantitative estimate of drug-likeness (QED) is 0.837. The third-order valence-electron chi connectivity index (χ3n) is 4.42. The predicted octanol–water partition coefficient (Wildman–Crippen LogP) is 1.25. The predicted molar refractivity (Wildman–Crippen MR) is 96.8 cm³/mol. The fourth-order valence-electron chi connectivity index (χ4n) is 3.10. The summed E-state index contributed by atoms with van der Waals surface area (Å²) in [5, 5.41) is 15.6. The molecule has 1 aliphatic heterocycles. The van der Waals surface area contributed by atoms with Crippen molar-refractivity contribution in [3.8, 4) is 0 Å². The van der Waals surface area contributed by atoms with Gasteiger partial charge in [-0.3, -0.25) is 9.59 Å². The Bertz CT molecular complexity index is 808. The summed E-state index contributed by atoms with van der Waals surface area (Å²) < 4.78 is 1.66. The fourth-order valence-corrected chi connectivity index (χ4v) is 3.74. The number of nitrogens with zero attached hydrogens (tertiary/aromatic N) is 3. The monoisotopic (exact) mass is 361 g/mol. The molecule has 2 N–H and O–H groups in total. The number of hydrogen-bond donors (Lipinski definition) is 2. The highest BCUT2D eigenvalue weighted by atomic mass is 32.1. The second-order valence-corrected chi connectivity index (χ2v) is 7.71. The number of carbonyl (C=O) groups is 1. The van der Waals surface area contributed by atoms with Crippen LogP contribution in [-0.2, 0) is 13.1 Å². The van der Waals surface area contributed by atoms with E-state index in [1.807, 2.05) is 13.0 Å². The Morgan fingerprint density at radius 2 is 2.28 bits per heavy atom. The molecule has 0 aromatic carbocycles. The van der Waals surface area contributed by atoms with Crippen molar-refractivity contribution in [3.05, 3.63) is 43.8 Å². The van der Waals surface area contributed by atoms with Gasteiger partial charge < -0.3 is 15.2 Å². The number of nitrogens with one attached hydrogen (secondary N) is 2. The highest BCUT2D eigenvalue weighted by Gasteiger charge is 2.19. The molecule has 0 radical (unpaired) electrons. The SMILES string of the molecule is Cc1nnc(CNC(=O)c2c(C)ccn(CC3CCCNC3)c2=O)s1. The van der Waals surface area contributed by atoms with E-state index in [1.54, 1.807) is 17.7 Å². The first-order chi connectivity index (χ1) is 12.0. The van der Waals surface area contributed by atoms with Crippen molar-refractivity contribution in [3.63, 3.8) is 0 Å². The van der Waals surface area contributed by atoms with Crippen molar-refractivity contribution in [2.75, 3.05) is 13.1 Å². The van der Waals surface area contributed by atoms with Crippen LogP contribution in [0, 0.1) is 19.8 Å². The zero-order valence-electron chi connectivity index (χ0n) is 14.5. The lowest BCUT2D eigenvalue weighted by atomic mass is 9.99. The van der Waals surface area contributed by atoms with Gasteiger partial charge in [0.25, 0.3) is 11.5 Å². The van der Waals surface area contributed by atoms with E-state index < -0.39 is 0 Å². The normalized spacial score (nSPS) is 17.4. The first-order valence-electron chi connectivity index (χ1n) is 8.52. The highest BCUT2D eigenvalue weighted by molar-refractivity contribution is 7.11. The van der Waals surface area contributed by atoms with Crippen LogP contribution in [-0.4, -0.2) is 33.8 Å². The van der Waals surface area contributed by atoms with Crippen molar-refractivity contribution < 1.29 is 4.79 Å². The van der Waals surface area contributed by atoms with Crippen LogP contribution >= 0.6 is 11.3 Å². The molecular formula is C17H23N5O2S. The minimum atomic E-state index is -0.355. The Morgan fingerprint density at radius 3 is 2.96 bits per heavy atom. The topological polar surface area (TPSA) is 88.9 Å². The van der Waals surface area contributed by atoms with E-state index in [1.165, 1.54) is 11.3 Å². The van der Waals surface area contributed by atoms with Gasteiger partial charge in [0.15, 0.2) is 0 Å². The zero-order valence-corrected chi connectivity index (χ0v) is 15.4. The molecule has 134 valence electrons. The Morgan fingerprint density at radius 1 is 1.44 bits per heavy atom. The Kier molecular flexibility index (Phi) is 5.60. The largest absolute Gasteiger partial charge is 0.345 e. The van der Waals surface area contributed by atoms with Crippen molar-refractivity contribution >= 4 is 17.2 Å². The lowest BCUT2D eigenvalue weighted by Gasteiger charge is -2.23. The van der Waals surface area contributed by atoms with Crippen LogP contribution in [0.1, 0.15) is 38.8 Å². The van der Waals surface area contributed by atoms with Gasteiger partial charge in [0.1, 0.15) is 15.6 Å². The molecule has 8 heteroatoms. The second-order valence-electron chi connectivity index (χ2n) is 6.44. The van der Waals surface area contributed by atoms with E-state index in [4.69, 9.17) is 0 Å². The molecule has 2 aromatic rings. The van der Waals surface area contributed by atoms with Crippen LogP contribution in [0.3, 0.4) is 0 Å². The van der Waals surface area contributed by atoms with Crippen LogP contribution in [0.4, 0.5) is 0 Å². The summed E-state index contributed by atoms with van der Waals surface area (Å²) in [4.78, 5) is 25.3. The maximum Gasteiger partial charge on any atom is 0.263 e. The van der Waals surface area contributed by atoms with E-state index in [9.17, 15) is 9.59 Å². The number of pyridine rings is 1. The molecule has 1 unspecified atom stereocenters. The summed E-state index contributed by atoms with van der Waals surface area (Å²) in [5.41, 5.74) is 0.679. The molecule has 1 fully saturated rings. The van der Waals surface area contributed by atoms with Crippen molar-refractivity contribution in [2.24, 2.45) is 5.92 Å². The Labute approximate surface area is 150 Å². The molecule has 3 heterocycles. The van der Waals surface area contributed by atoms with Gasteiger partial charge in [0.2, 0.25) is 0 Å². The molecule has 25 heavy (non-hydrogen) atoms. The van der Waals surface area contributed by atoms with E-state index in [0.29, 0.717) is 18.0 Å². The number of rotatable bonds is 5. The molecule has 0 aliphatic carbocycles. The average molecular weight is 361 g/mol. The maximum atomic E-state index is 12.8. The average Bonchev–Trinajstić information content (AvgIpc) is 3.02. The Balaban J connectivity index is 1.74. The molecule has 0 spiro atoms. The number of hydrogen-bond acceptors (Lipinski definition) is 6. The van der Waals surface area contributed by atoms with Crippen LogP contribution in [0.5, 0.6) is 0 Å². The van der Waals surface area contributed by atoms with E-state index in [0.717, 1.165) is 35.9 Å². The molecular weight excluding hydrogens is 338 g/mol. The molecule has 1 saturated heterocycles. The van der Waals surface area contributed by atoms with Crippen LogP contribution < -0.4 is 16.2 Å². The number of aryl methyl sites for hydroxylation is 2. The van der Waals surface area contributed by atoms with Gasteiger partial charge >= 0.3 is 0 Å². The lowest BCUT2D eigenvalue weighted by Crippen LogP contribution is -2.37. The molecule has 7 nitrogen and oxygen atoms in total. The molecule has 1 aliphatic rings. The minimum absolute atomic E-state index is 0.215. The van der Waals surface area contributed by atoms with E-state index in [2.05, 4.69) is 20.8 Å². The highest BCUT2D eigenvalue weighted by Crippen LogP contribution is 2.13. The zero-order chi connectivity index (χ0) is 17.8. The standard InChI is InChI=1S/C17H23N5O2S/c1-11-5-7-22(10-13-4-3-6-18-8-13)17(24)15(11)16(23)19-9-14-21-20-12(2)25-14/h5,7,13,18H,3-4,6,8-10H2,1-2H3,(H,19,23). The summed E-state index contributed by atoms with van der Waals surface area (Å²) in [6.45, 7) is 6.53. The lowest BCUT2D eigenvalue weighted by molar-refractivity contribution is 0.0948. The van der Waals surface area contributed by atoms with E-state index in [-0.39, 0.29) is 23.6 Å². The third-order valence-corrected chi connectivity index (χ3v) is 5.26. The number of amides is 1. The molecule has 1 amide bonds. The van der Waals surface area contributed by atoms with Crippen LogP contribution in [0.25, 0.3) is 0 Å². The molecule has 1 atom stereocenters. The fraction of sp³-hybridized carbons (Fsp3) is 0.529. The molecule has 3 rings (SSSR count). The Hall–Kier alpha value is -2.06. The summed E-state index contributed by atoms with van der Waals surface area (Å²) in [6.07, 6.45) is 4.02. The number of piperidine rings is 1. The van der Waals surface area contributed by atoms with Crippen molar-refractivity contribution in [2.45, 2.75) is 39.8 Å². The summed E-state index contributed by atoms with van der Waals surface area (Å²) in [7, 11) is 0. The van der Waals surface area contributed by atoms with Gasteiger partial charge in [0.05, 0.1) is 6.54 Å². The van der Waals surface area contributed by atoms with Gasteiger partial charge in [-0.2, -0.15) is 0 Å². The summed E-state index contributed by atoms with van der Waals surface area (Å²) in [6, 6.07) is 1.83. The molecule has 0 bridgehead atoms. The summed E-state index contributed by atoms with van der Waals surface area (Å²) >= 11 is 1.43. The second kappa shape index (κ2) is 7.88. The first-order valence-corrected chi connectivity index (χ1v) is 9.34. The van der Waals surface area contributed by atoms with Gasteiger partial charge in [0, 0.05) is 12.7 Å². The third kappa shape index (κ3) is 4.32. The molecule has 2 aromatic heterocycles. The van der Waals surface area contributed by atoms with Gasteiger partial charge in [-0.1, -0.05) is 11.3 Å². The van der Waals surface area contributed by atoms with Gasteiger partial charge in [-0.25, -0.2) is 0 Å². The molecule has 0 saturated carbocycles. The first kappa shape index (κ1) is 17.8. The van der Waals surface area contributed by atoms with Gasteiger partial charge in [-0.15, -0.1) is 10.2 Å². The summed E-state index contributed by atoms with van der Waals surface area (Å²) in [5.74, 6) is 0.0703. The van der Waals surface area contributed by atoms with Crippen LogP contribution in [0.2, 0.25) is 0 Å². The van der Waals surface area contributed by atoms with Crippen molar-refractivity contribution in [1.82, 2.24) is 25.4 Å². The maximum absolute atomic E-state index is 12.8. The smallest absolute Gasteiger partial charge is 0.263 e. The minimum Gasteiger partial charge on any atom is -0.345 e. The van der Waals surface area contributed by atoms with Crippen LogP contribution in [0.15, 0.2) is 17.1 Å².